The van der Waals surface area contributed by atoms with Gasteiger partial charge in [0.1, 0.15) is 11.5 Å². The first-order valence-electron chi connectivity index (χ1n) is 8.71. The SMILES string of the molecule is COc1ccc(OC)c(C(=O)COC(=O)c2ccccc2SCC(=O)N(C)C)c1. The number of hydrogen-bond donors (Lipinski definition) is 0. The van der Waals surface area contributed by atoms with Crippen LogP contribution in [0.1, 0.15) is 20.7 Å². The molecule has 7 nitrogen and oxygen atoms in total. The summed E-state index contributed by atoms with van der Waals surface area (Å²) in [6.07, 6.45) is 0. The van der Waals surface area contributed by atoms with E-state index in [0.717, 1.165) is 0 Å². The molecule has 0 aliphatic carbocycles. The molecule has 2 aromatic carbocycles. The van der Waals surface area contributed by atoms with Crippen molar-refractivity contribution in [2.45, 2.75) is 4.90 Å². The van der Waals surface area contributed by atoms with E-state index in [-0.39, 0.29) is 17.2 Å². The van der Waals surface area contributed by atoms with Crippen LogP contribution in [0.5, 0.6) is 11.5 Å². The lowest BCUT2D eigenvalue weighted by molar-refractivity contribution is -0.125. The molecule has 0 fully saturated rings. The number of ether oxygens (including phenoxy) is 3. The predicted molar refractivity (Wildman–Crippen MR) is 110 cm³/mol. The van der Waals surface area contributed by atoms with E-state index in [4.69, 9.17) is 14.2 Å². The molecule has 0 atom stereocenters. The van der Waals surface area contributed by atoms with Gasteiger partial charge in [0.25, 0.3) is 0 Å². The van der Waals surface area contributed by atoms with Crippen molar-refractivity contribution in [3.63, 3.8) is 0 Å². The van der Waals surface area contributed by atoms with Crippen LogP contribution in [0, 0.1) is 0 Å². The van der Waals surface area contributed by atoms with Crippen molar-refractivity contribution in [2.24, 2.45) is 0 Å². The van der Waals surface area contributed by atoms with Crippen LogP contribution in [0.15, 0.2) is 47.4 Å². The second kappa shape index (κ2) is 10.5. The molecule has 0 aliphatic rings. The summed E-state index contributed by atoms with van der Waals surface area (Å²) in [6, 6.07) is 11.6. The van der Waals surface area contributed by atoms with Crippen molar-refractivity contribution in [3.05, 3.63) is 53.6 Å². The molecule has 2 rings (SSSR count). The zero-order valence-electron chi connectivity index (χ0n) is 16.8. The largest absolute Gasteiger partial charge is 0.497 e. The molecule has 8 heteroatoms. The first kappa shape index (κ1) is 22.3. The molecule has 0 spiro atoms. The van der Waals surface area contributed by atoms with Crippen molar-refractivity contribution in [1.29, 1.82) is 0 Å². The standard InChI is InChI=1S/C21H23NO6S/c1-22(2)20(24)13-29-19-8-6-5-7-15(19)21(25)28-12-17(23)16-11-14(26-3)9-10-18(16)27-4/h5-11H,12-13H2,1-4H3. The summed E-state index contributed by atoms with van der Waals surface area (Å²) < 4.78 is 15.5. The van der Waals surface area contributed by atoms with Crippen LogP contribution >= 0.6 is 11.8 Å². The lowest BCUT2D eigenvalue weighted by Crippen LogP contribution is -2.23. The first-order chi connectivity index (χ1) is 13.9. The number of esters is 1. The van der Waals surface area contributed by atoms with Crippen molar-refractivity contribution < 1.29 is 28.6 Å². The second-order valence-electron chi connectivity index (χ2n) is 6.14. The smallest absolute Gasteiger partial charge is 0.339 e. The van der Waals surface area contributed by atoms with Crippen LogP contribution in [0.4, 0.5) is 0 Å². The molecule has 154 valence electrons. The molecule has 0 saturated carbocycles. The normalized spacial score (nSPS) is 10.2. The monoisotopic (exact) mass is 417 g/mol. The number of rotatable bonds is 9. The molecular formula is C21H23NO6S. The number of ketones is 1. The summed E-state index contributed by atoms with van der Waals surface area (Å²) >= 11 is 1.24. The first-order valence-corrected chi connectivity index (χ1v) is 9.70. The fourth-order valence-electron chi connectivity index (χ4n) is 2.35. The summed E-state index contributed by atoms with van der Waals surface area (Å²) in [5.74, 6) is -0.0732. The third kappa shape index (κ3) is 5.99. The van der Waals surface area contributed by atoms with Gasteiger partial charge < -0.3 is 19.1 Å². The van der Waals surface area contributed by atoms with Crippen molar-refractivity contribution >= 4 is 29.4 Å². The number of methoxy groups -OCH3 is 2. The summed E-state index contributed by atoms with van der Waals surface area (Å²) in [6.45, 7) is -0.446. The Hall–Kier alpha value is -3.00. The fourth-order valence-corrected chi connectivity index (χ4v) is 3.37. The van der Waals surface area contributed by atoms with E-state index in [9.17, 15) is 14.4 Å². The van der Waals surface area contributed by atoms with Gasteiger partial charge >= 0.3 is 5.97 Å². The Bertz CT molecular complexity index is 896. The van der Waals surface area contributed by atoms with E-state index >= 15 is 0 Å². The lowest BCUT2D eigenvalue weighted by atomic mass is 10.1. The quantitative estimate of drug-likeness (QED) is 0.352. The van der Waals surface area contributed by atoms with Gasteiger partial charge in [-0.25, -0.2) is 4.79 Å². The Morgan fingerprint density at radius 3 is 2.34 bits per heavy atom. The maximum Gasteiger partial charge on any atom is 0.339 e. The zero-order valence-corrected chi connectivity index (χ0v) is 17.6. The van der Waals surface area contributed by atoms with Gasteiger partial charge in [-0.05, 0) is 30.3 Å². The minimum absolute atomic E-state index is 0.0709. The molecule has 0 N–H and O–H groups in total. The molecular weight excluding hydrogens is 394 g/mol. The third-order valence-electron chi connectivity index (χ3n) is 4.00. The van der Waals surface area contributed by atoms with Crippen molar-refractivity contribution in [2.75, 3.05) is 40.7 Å². The Morgan fingerprint density at radius 1 is 0.966 bits per heavy atom. The number of nitrogens with zero attached hydrogens (tertiary/aromatic N) is 1. The van der Waals surface area contributed by atoms with Crippen LogP contribution in [0.2, 0.25) is 0 Å². The summed E-state index contributed by atoms with van der Waals surface area (Å²) in [5, 5.41) is 0. The van der Waals surface area contributed by atoms with Crippen LogP contribution in [-0.4, -0.2) is 63.2 Å². The van der Waals surface area contributed by atoms with Gasteiger partial charge in [0.15, 0.2) is 6.61 Å². The summed E-state index contributed by atoms with van der Waals surface area (Å²) in [5.41, 5.74) is 0.563. The van der Waals surface area contributed by atoms with Gasteiger partial charge in [-0.2, -0.15) is 0 Å². The highest BCUT2D eigenvalue weighted by Gasteiger charge is 2.19. The van der Waals surface area contributed by atoms with E-state index in [0.29, 0.717) is 22.0 Å². The maximum absolute atomic E-state index is 12.5. The minimum atomic E-state index is -0.638. The van der Waals surface area contributed by atoms with E-state index in [1.807, 2.05) is 0 Å². The van der Waals surface area contributed by atoms with Gasteiger partial charge in [-0.3, -0.25) is 9.59 Å². The number of carbonyl (C=O) groups excluding carboxylic acids is 3. The molecule has 0 heterocycles. The van der Waals surface area contributed by atoms with Gasteiger partial charge in [0, 0.05) is 19.0 Å². The van der Waals surface area contributed by atoms with Crippen LogP contribution in [0.25, 0.3) is 0 Å². The molecule has 0 saturated heterocycles. The molecule has 29 heavy (non-hydrogen) atoms. The van der Waals surface area contributed by atoms with Crippen molar-refractivity contribution in [3.8, 4) is 11.5 Å². The van der Waals surface area contributed by atoms with Crippen molar-refractivity contribution in [1.82, 2.24) is 4.90 Å². The molecule has 0 bridgehead atoms. The zero-order chi connectivity index (χ0) is 21.4. The van der Waals surface area contributed by atoms with E-state index in [1.165, 1.54) is 36.9 Å². The van der Waals surface area contributed by atoms with Crippen LogP contribution in [0.3, 0.4) is 0 Å². The van der Waals surface area contributed by atoms with E-state index in [2.05, 4.69) is 0 Å². The van der Waals surface area contributed by atoms with Gasteiger partial charge in [-0.1, -0.05) is 12.1 Å². The number of thioether (sulfide) groups is 1. The van der Waals surface area contributed by atoms with Crippen LogP contribution in [-0.2, 0) is 9.53 Å². The average molecular weight is 417 g/mol. The predicted octanol–water partition coefficient (Wildman–Crippen LogP) is 2.92. The molecule has 0 unspecified atom stereocenters. The maximum atomic E-state index is 12.5. The minimum Gasteiger partial charge on any atom is -0.497 e. The second-order valence-corrected chi connectivity index (χ2v) is 7.16. The summed E-state index contributed by atoms with van der Waals surface area (Å²) in [4.78, 5) is 38.9. The summed E-state index contributed by atoms with van der Waals surface area (Å²) in [7, 11) is 6.28. The highest BCUT2D eigenvalue weighted by molar-refractivity contribution is 8.00. The third-order valence-corrected chi connectivity index (χ3v) is 5.06. The van der Waals surface area contributed by atoms with Gasteiger partial charge in [-0.15, -0.1) is 11.8 Å². The number of carbonyl (C=O) groups is 3. The Morgan fingerprint density at radius 2 is 1.69 bits per heavy atom. The number of Topliss-reactive ketones (excluding diaryl/α,β-unsaturated/α-hetero) is 1. The van der Waals surface area contributed by atoms with Crippen LogP contribution < -0.4 is 9.47 Å². The van der Waals surface area contributed by atoms with Gasteiger partial charge in [0.2, 0.25) is 11.7 Å². The molecule has 1 amide bonds. The Labute approximate surface area is 173 Å². The number of hydrogen-bond acceptors (Lipinski definition) is 7. The number of amides is 1. The fraction of sp³-hybridized carbons (Fsp3) is 0.286. The highest BCUT2D eigenvalue weighted by atomic mass is 32.2. The van der Waals surface area contributed by atoms with Gasteiger partial charge in [0.05, 0.1) is 31.1 Å². The molecule has 2 aromatic rings. The van der Waals surface area contributed by atoms with E-state index in [1.54, 1.807) is 50.5 Å². The van der Waals surface area contributed by atoms with E-state index < -0.39 is 18.4 Å². The highest BCUT2D eigenvalue weighted by Crippen LogP contribution is 2.26. The lowest BCUT2D eigenvalue weighted by Gasteiger charge is -2.12. The molecule has 0 aliphatic heterocycles. The Kier molecular flexibility index (Phi) is 8.09. The average Bonchev–Trinajstić information content (AvgIpc) is 2.74. The Balaban J connectivity index is 2.08. The molecule has 0 radical (unpaired) electrons. The molecule has 0 aromatic heterocycles. The number of benzene rings is 2. The topological polar surface area (TPSA) is 82.1 Å².